The van der Waals surface area contributed by atoms with Crippen molar-refractivity contribution in [2.45, 2.75) is 5.03 Å². The maximum Gasteiger partial charge on any atom is 0.234 e. The van der Waals surface area contributed by atoms with E-state index < -0.39 is 0 Å². The number of benzene rings is 2. The van der Waals surface area contributed by atoms with E-state index in [0.29, 0.717) is 38.7 Å². The van der Waals surface area contributed by atoms with Crippen LogP contribution in [0.2, 0.25) is 5.02 Å². The zero-order valence-corrected chi connectivity index (χ0v) is 18.2. The molecule has 3 aromatic rings. The van der Waals surface area contributed by atoms with Crippen LogP contribution in [0.3, 0.4) is 0 Å². The summed E-state index contributed by atoms with van der Waals surface area (Å²) in [5, 5.41) is 12.4. The van der Waals surface area contributed by atoms with Crippen molar-refractivity contribution < 1.29 is 19.0 Å². The Bertz CT molecular complexity index is 1030. The minimum Gasteiger partial charge on any atom is -0.497 e. The molecule has 0 saturated carbocycles. The van der Waals surface area contributed by atoms with Crippen molar-refractivity contribution >= 4 is 35.0 Å². The number of carbonyl (C=O) groups excluding carboxylic acids is 1. The number of hydrogen-bond acceptors (Lipinski definition) is 7. The topological polar surface area (TPSA) is 82.6 Å². The van der Waals surface area contributed by atoms with E-state index >= 15 is 0 Å². The third-order valence-electron chi connectivity index (χ3n) is 4.11. The number of nitrogens with one attached hydrogen (secondary N) is 1. The molecule has 0 fully saturated rings. The number of methoxy groups -OCH3 is 3. The Morgan fingerprint density at radius 2 is 1.73 bits per heavy atom. The Balaban J connectivity index is 1.65. The van der Waals surface area contributed by atoms with E-state index in [1.54, 1.807) is 38.5 Å². The van der Waals surface area contributed by atoms with Gasteiger partial charge < -0.3 is 19.5 Å². The number of carbonyl (C=O) groups is 1. The first-order valence-electron chi connectivity index (χ1n) is 8.86. The summed E-state index contributed by atoms with van der Waals surface area (Å²) in [4.78, 5) is 12.3. The Morgan fingerprint density at radius 3 is 2.40 bits per heavy atom. The van der Waals surface area contributed by atoms with E-state index in [9.17, 15) is 4.79 Å². The van der Waals surface area contributed by atoms with Crippen LogP contribution in [0.25, 0.3) is 11.3 Å². The summed E-state index contributed by atoms with van der Waals surface area (Å²) >= 11 is 7.26. The van der Waals surface area contributed by atoms with E-state index in [4.69, 9.17) is 25.8 Å². The smallest absolute Gasteiger partial charge is 0.234 e. The van der Waals surface area contributed by atoms with E-state index in [0.717, 1.165) is 5.56 Å². The van der Waals surface area contributed by atoms with Crippen molar-refractivity contribution in [3.05, 3.63) is 53.6 Å². The van der Waals surface area contributed by atoms with Crippen molar-refractivity contribution in [3.63, 3.8) is 0 Å². The van der Waals surface area contributed by atoms with Gasteiger partial charge >= 0.3 is 0 Å². The molecule has 0 bridgehead atoms. The lowest BCUT2D eigenvalue weighted by Gasteiger charge is -2.11. The molecule has 9 heteroatoms. The Labute approximate surface area is 183 Å². The maximum absolute atomic E-state index is 12.3. The molecule has 0 spiro atoms. The van der Waals surface area contributed by atoms with Crippen LogP contribution in [0.4, 0.5) is 5.69 Å². The number of halogens is 1. The molecule has 30 heavy (non-hydrogen) atoms. The van der Waals surface area contributed by atoms with Crippen LogP contribution in [0.15, 0.2) is 53.6 Å². The second kappa shape index (κ2) is 10.2. The normalized spacial score (nSPS) is 10.4. The van der Waals surface area contributed by atoms with Gasteiger partial charge in [0.15, 0.2) is 0 Å². The minimum absolute atomic E-state index is 0.159. The predicted octanol–water partition coefficient (Wildman–Crippen LogP) is 4.55. The lowest BCUT2D eigenvalue weighted by atomic mass is 10.1. The molecule has 1 aromatic heterocycles. The molecule has 7 nitrogen and oxygen atoms in total. The van der Waals surface area contributed by atoms with Crippen molar-refractivity contribution in [3.8, 4) is 28.5 Å². The van der Waals surface area contributed by atoms with Gasteiger partial charge in [-0.25, -0.2) is 0 Å². The van der Waals surface area contributed by atoms with Gasteiger partial charge in [0.2, 0.25) is 5.91 Å². The van der Waals surface area contributed by atoms with Crippen molar-refractivity contribution in [1.29, 1.82) is 0 Å². The number of amides is 1. The standard InChI is InChI=1S/C21H20ClN3O4S/c1-27-14-5-8-18(28-2)15(11-14)16-6-9-21(25-24-16)30-12-20(26)23-17-10-13(22)4-7-19(17)29-3/h4-11H,12H2,1-3H3,(H,23,26). The Kier molecular flexibility index (Phi) is 7.37. The third-order valence-corrected chi connectivity index (χ3v) is 5.26. The second-order valence-electron chi connectivity index (χ2n) is 6.00. The van der Waals surface area contributed by atoms with Gasteiger partial charge in [-0.2, -0.15) is 0 Å². The van der Waals surface area contributed by atoms with Crippen LogP contribution in [0.5, 0.6) is 17.2 Å². The highest BCUT2D eigenvalue weighted by Crippen LogP contribution is 2.32. The first-order valence-corrected chi connectivity index (χ1v) is 10.2. The fourth-order valence-electron chi connectivity index (χ4n) is 2.66. The molecule has 1 N–H and O–H groups in total. The molecular formula is C21H20ClN3O4S. The lowest BCUT2D eigenvalue weighted by molar-refractivity contribution is -0.113. The molecule has 0 aliphatic carbocycles. The molecular weight excluding hydrogens is 426 g/mol. The zero-order chi connectivity index (χ0) is 21.5. The van der Waals surface area contributed by atoms with Gasteiger partial charge in [-0.05, 0) is 48.5 Å². The summed E-state index contributed by atoms with van der Waals surface area (Å²) in [6.07, 6.45) is 0. The van der Waals surface area contributed by atoms with Gasteiger partial charge in [0.05, 0.1) is 38.5 Å². The average molecular weight is 446 g/mol. The highest BCUT2D eigenvalue weighted by Gasteiger charge is 2.12. The van der Waals surface area contributed by atoms with Crippen LogP contribution >= 0.6 is 23.4 Å². The molecule has 1 amide bonds. The van der Waals surface area contributed by atoms with Crippen LogP contribution in [-0.2, 0) is 4.79 Å². The first-order chi connectivity index (χ1) is 14.5. The lowest BCUT2D eigenvalue weighted by Crippen LogP contribution is -2.14. The predicted molar refractivity (Wildman–Crippen MR) is 118 cm³/mol. The molecule has 1 heterocycles. The fourth-order valence-corrected chi connectivity index (χ4v) is 3.44. The van der Waals surface area contributed by atoms with E-state index in [1.807, 2.05) is 24.3 Å². The SMILES string of the molecule is COc1ccc(OC)c(-c2ccc(SCC(=O)Nc3cc(Cl)ccc3OC)nn2)c1. The molecule has 3 rings (SSSR count). The highest BCUT2D eigenvalue weighted by molar-refractivity contribution is 7.99. The number of ether oxygens (including phenoxy) is 3. The zero-order valence-electron chi connectivity index (χ0n) is 16.6. The average Bonchev–Trinajstić information content (AvgIpc) is 2.77. The van der Waals surface area contributed by atoms with Crippen molar-refractivity contribution in [2.75, 3.05) is 32.4 Å². The summed E-state index contributed by atoms with van der Waals surface area (Å²) in [7, 11) is 4.72. The molecule has 156 valence electrons. The van der Waals surface area contributed by atoms with Gasteiger partial charge in [-0.3, -0.25) is 4.79 Å². The number of anilines is 1. The largest absolute Gasteiger partial charge is 0.497 e. The summed E-state index contributed by atoms with van der Waals surface area (Å²) in [5.74, 6) is 1.85. The first kappa shape index (κ1) is 21.7. The summed E-state index contributed by atoms with van der Waals surface area (Å²) in [6, 6.07) is 14.1. The van der Waals surface area contributed by atoms with E-state index in [1.165, 1.54) is 18.9 Å². The monoisotopic (exact) mass is 445 g/mol. The minimum atomic E-state index is -0.207. The second-order valence-corrected chi connectivity index (χ2v) is 7.44. The number of hydrogen-bond donors (Lipinski definition) is 1. The van der Waals surface area contributed by atoms with Crippen molar-refractivity contribution in [2.24, 2.45) is 0 Å². The molecule has 0 atom stereocenters. The summed E-state index contributed by atoms with van der Waals surface area (Å²) < 4.78 is 15.9. The maximum atomic E-state index is 12.3. The summed E-state index contributed by atoms with van der Waals surface area (Å²) in [5.41, 5.74) is 1.93. The molecule has 2 aromatic carbocycles. The van der Waals surface area contributed by atoms with E-state index in [-0.39, 0.29) is 11.7 Å². The quantitative estimate of drug-likeness (QED) is 0.509. The van der Waals surface area contributed by atoms with E-state index in [2.05, 4.69) is 15.5 Å². The fraction of sp³-hybridized carbons (Fsp3) is 0.190. The van der Waals surface area contributed by atoms with Gasteiger partial charge in [-0.15, -0.1) is 10.2 Å². The molecule has 0 saturated heterocycles. The van der Waals surface area contributed by atoms with Crippen LogP contribution < -0.4 is 19.5 Å². The van der Waals surface area contributed by atoms with Gasteiger partial charge in [0, 0.05) is 10.6 Å². The van der Waals surface area contributed by atoms with Gasteiger partial charge in [0.25, 0.3) is 0 Å². The van der Waals surface area contributed by atoms with Crippen LogP contribution in [0, 0.1) is 0 Å². The third kappa shape index (κ3) is 5.34. The van der Waals surface area contributed by atoms with Gasteiger partial charge in [0.1, 0.15) is 22.3 Å². The number of thioether (sulfide) groups is 1. The number of aromatic nitrogens is 2. The van der Waals surface area contributed by atoms with Crippen molar-refractivity contribution in [1.82, 2.24) is 10.2 Å². The molecule has 0 radical (unpaired) electrons. The highest BCUT2D eigenvalue weighted by atomic mass is 35.5. The Hall–Kier alpha value is -2.97. The summed E-state index contributed by atoms with van der Waals surface area (Å²) in [6.45, 7) is 0. The number of nitrogens with zero attached hydrogens (tertiary/aromatic N) is 2. The molecule has 0 unspecified atom stereocenters. The van der Waals surface area contributed by atoms with Crippen LogP contribution in [-0.4, -0.2) is 43.2 Å². The van der Waals surface area contributed by atoms with Crippen LogP contribution in [0.1, 0.15) is 0 Å². The number of rotatable bonds is 8. The van der Waals surface area contributed by atoms with Gasteiger partial charge in [-0.1, -0.05) is 23.4 Å². The molecule has 0 aliphatic heterocycles. The molecule has 0 aliphatic rings. The Morgan fingerprint density at radius 1 is 0.967 bits per heavy atom.